The summed E-state index contributed by atoms with van der Waals surface area (Å²) < 4.78 is 4.84. The van der Waals surface area contributed by atoms with E-state index in [0.29, 0.717) is 16.6 Å². The van der Waals surface area contributed by atoms with Gasteiger partial charge < -0.3 is 25.0 Å². The second-order valence-electron chi connectivity index (χ2n) is 7.23. The largest absolute Gasteiger partial charge is 0.466 e. The van der Waals surface area contributed by atoms with E-state index >= 15 is 0 Å². The maximum absolute atomic E-state index is 12.8. The second-order valence-corrected chi connectivity index (χ2v) is 7.63. The standard InChI is InChI=1S/C20H26ClN3O4/c1-13-6-8-23(9-7-13)18-15(21)4-3-5-16(18)22-17-14(20(27)28-2)12-24(10-11-25)19(17)26/h3-5,13,22,25H,6-12H2,1-2H3. The summed E-state index contributed by atoms with van der Waals surface area (Å²) in [4.78, 5) is 28.6. The lowest BCUT2D eigenvalue weighted by molar-refractivity contribution is -0.136. The predicted molar refractivity (Wildman–Crippen MR) is 108 cm³/mol. The SMILES string of the molecule is COC(=O)C1=C(Nc2cccc(Cl)c2N2CCC(C)CC2)C(=O)N(CCO)C1. The molecule has 2 N–H and O–H groups in total. The third-order valence-corrected chi connectivity index (χ3v) is 5.60. The van der Waals surface area contributed by atoms with Crippen molar-refractivity contribution in [1.29, 1.82) is 0 Å². The summed E-state index contributed by atoms with van der Waals surface area (Å²) in [5.41, 5.74) is 1.94. The van der Waals surface area contributed by atoms with Crippen LogP contribution in [0.4, 0.5) is 11.4 Å². The molecule has 0 unspecified atom stereocenters. The smallest absolute Gasteiger partial charge is 0.337 e. The first-order chi connectivity index (χ1) is 13.5. The van der Waals surface area contributed by atoms with E-state index in [9.17, 15) is 14.7 Å². The lowest BCUT2D eigenvalue weighted by Gasteiger charge is -2.34. The average molecular weight is 408 g/mol. The van der Waals surface area contributed by atoms with Crippen LogP contribution in [0.5, 0.6) is 0 Å². The highest BCUT2D eigenvalue weighted by atomic mass is 35.5. The van der Waals surface area contributed by atoms with E-state index in [1.807, 2.05) is 18.2 Å². The van der Waals surface area contributed by atoms with Crippen molar-refractivity contribution in [3.63, 3.8) is 0 Å². The third-order valence-electron chi connectivity index (χ3n) is 5.30. The lowest BCUT2D eigenvalue weighted by atomic mass is 9.98. The zero-order valence-corrected chi connectivity index (χ0v) is 17.0. The number of amides is 1. The highest BCUT2D eigenvalue weighted by molar-refractivity contribution is 6.34. The van der Waals surface area contributed by atoms with Gasteiger partial charge in [-0.25, -0.2) is 4.79 Å². The molecule has 0 aromatic heterocycles. The second kappa shape index (κ2) is 8.84. The topological polar surface area (TPSA) is 82.1 Å². The van der Waals surface area contributed by atoms with Crippen LogP contribution in [0.25, 0.3) is 0 Å². The number of methoxy groups -OCH3 is 1. The molecule has 7 nitrogen and oxygen atoms in total. The Morgan fingerprint density at radius 2 is 2.07 bits per heavy atom. The number of hydrogen-bond donors (Lipinski definition) is 2. The number of carbonyl (C=O) groups excluding carboxylic acids is 2. The number of nitrogens with one attached hydrogen (secondary N) is 1. The number of aliphatic hydroxyl groups is 1. The monoisotopic (exact) mass is 407 g/mol. The van der Waals surface area contributed by atoms with E-state index in [4.69, 9.17) is 16.3 Å². The number of carbonyl (C=O) groups is 2. The Balaban J connectivity index is 1.94. The molecule has 3 rings (SSSR count). The molecule has 0 atom stereocenters. The molecule has 0 aliphatic carbocycles. The van der Waals surface area contributed by atoms with E-state index in [1.54, 1.807) is 0 Å². The normalized spacial score (nSPS) is 18.1. The van der Waals surface area contributed by atoms with Crippen LogP contribution in [0.2, 0.25) is 5.02 Å². The molecular weight excluding hydrogens is 382 g/mol. The Morgan fingerprint density at radius 1 is 1.36 bits per heavy atom. The summed E-state index contributed by atoms with van der Waals surface area (Å²) in [6.45, 7) is 4.08. The molecular formula is C20H26ClN3O4. The van der Waals surface area contributed by atoms with Crippen molar-refractivity contribution in [2.45, 2.75) is 19.8 Å². The third kappa shape index (κ3) is 4.10. The molecule has 8 heteroatoms. The fourth-order valence-electron chi connectivity index (χ4n) is 3.65. The summed E-state index contributed by atoms with van der Waals surface area (Å²) in [6, 6.07) is 5.48. The molecule has 1 aromatic rings. The number of nitrogens with zero attached hydrogens (tertiary/aromatic N) is 2. The number of hydrogen-bond acceptors (Lipinski definition) is 6. The van der Waals surface area contributed by atoms with Gasteiger partial charge in [0.15, 0.2) is 0 Å². The van der Waals surface area contributed by atoms with Crippen LogP contribution in [0.1, 0.15) is 19.8 Å². The van der Waals surface area contributed by atoms with E-state index in [2.05, 4.69) is 17.1 Å². The van der Waals surface area contributed by atoms with Gasteiger partial charge in [0.1, 0.15) is 5.70 Å². The van der Waals surface area contributed by atoms with Crippen molar-refractivity contribution in [1.82, 2.24) is 4.90 Å². The maximum Gasteiger partial charge on any atom is 0.337 e. The molecule has 0 saturated carbocycles. The highest BCUT2D eigenvalue weighted by Gasteiger charge is 2.35. The Labute approximate surface area is 169 Å². The summed E-state index contributed by atoms with van der Waals surface area (Å²) in [5.74, 6) is -0.230. The number of anilines is 2. The van der Waals surface area contributed by atoms with E-state index < -0.39 is 5.97 Å². The van der Waals surface area contributed by atoms with Crippen molar-refractivity contribution in [2.24, 2.45) is 5.92 Å². The van der Waals surface area contributed by atoms with Crippen LogP contribution in [-0.2, 0) is 14.3 Å². The van der Waals surface area contributed by atoms with Crippen molar-refractivity contribution < 1.29 is 19.4 Å². The summed E-state index contributed by atoms with van der Waals surface area (Å²) in [5, 5.41) is 12.9. The van der Waals surface area contributed by atoms with Gasteiger partial charge in [0.2, 0.25) is 0 Å². The first-order valence-corrected chi connectivity index (χ1v) is 9.86. The fraction of sp³-hybridized carbons (Fsp3) is 0.500. The Kier molecular flexibility index (Phi) is 6.46. The van der Waals surface area contributed by atoms with Crippen molar-refractivity contribution in [3.8, 4) is 0 Å². The average Bonchev–Trinajstić information content (AvgIpc) is 2.99. The first-order valence-electron chi connectivity index (χ1n) is 9.48. The minimum absolute atomic E-state index is 0.103. The number of benzene rings is 1. The van der Waals surface area contributed by atoms with Crippen molar-refractivity contribution in [2.75, 3.05) is 50.1 Å². The van der Waals surface area contributed by atoms with Gasteiger partial charge in [0, 0.05) is 19.6 Å². The van der Waals surface area contributed by atoms with E-state index in [0.717, 1.165) is 31.6 Å². The van der Waals surface area contributed by atoms with Crippen LogP contribution in [0.3, 0.4) is 0 Å². The van der Waals surface area contributed by atoms with Crippen molar-refractivity contribution in [3.05, 3.63) is 34.5 Å². The van der Waals surface area contributed by atoms with E-state index in [1.165, 1.54) is 12.0 Å². The van der Waals surface area contributed by atoms with Gasteiger partial charge in [-0.3, -0.25) is 4.79 Å². The highest BCUT2D eigenvalue weighted by Crippen LogP contribution is 2.38. The minimum atomic E-state index is -0.563. The molecule has 2 aliphatic heterocycles. The molecule has 0 bridgehead atoms. The molecule has 1 saturated heterocycles. The molecule has 1 aromatic carbocycles. The molecule has 1 amide bonds. The number of piperidine rings is 1. The zero-order chi connectivity index (χ0) is 20.3. The van der Waals surface area contributed by atoms with Gasteiger partial charge in [-0.05, 0) is 30.9 Å². The maximum atomic E-state index is 12.8. The number of esters is 1. The molecule has 28 heavy (non-hydrogen) atoms. The van der Waals surface area contributed by atoms with Crippen LogP contribution in [0.15, 0.2) is 29.5 Å². The van der Waals surface area contributed by atoms with Crippen LogP contribution in [0, 0.1) is 5.92 Å². The molecule has 2 heterocycles. The fourth-order valence-corrected chi connectivity index (χ4v) is 3.95. The Bertz CT molecular complexity index is 788. The summed E-state index contributed by atoms with van der Waals surface area (Å²) >= 11 is 6.51. The number of ether oxygens (including phenoxy) is 1. The predicted octanol–water partition coefficient (Wildman–Crippen LogP) is 2.25. The van der Waals surface area contributed by atoms with Gasteiger partial charge in [-0.1, -0.05) is 24.6 Å². The van der Waals surface area contributed by atoms with Crippen LogP contribution in [-0.4, -0.2) is 61.8 Å². The van der Waals surface area contributed by atoms with Gasteiger partial charge >= 0.3 is 5.97 Å². The number of para-hydroxylation sites is 1. The number of rotatable bonds is 6. The molecule has 0 radical (unpaired) electrons. The Morgan fingerprint density at radius 3 is 2.71 bits per heavy atom. The van der Waals surface area contributed by atoms with Crippen LogP contribution >= 0.6 is 11.6 Å². The van der Waals surface area contributed by atoms with Gasteiger partial charge in [-0.15, -0.1) is 0 Å². The molecule has 152 valence electrons. The van der Waals surface area contributed by atoms with Gasteiger partial charge in [0.25, 0.3) is 5.91 Å². The van der Waals surface area contributed by atoms with Crippen LogP contribution < -0.4 is 10.2 Å². The minimum Gasteiger partial charge on any atom is -0.466 e. The summed E-state index contributed by atoms with van der Waals surface area (Å²) in [7, 11) is 1.28. The lowest BCUT2D eigenvalue weighted by Crippen LogP contribution is -2.34. The van der Waals surface area contributed by atoms with E-state index in [-0.39, 0.29) is 36.9 Å². The van der Waals surface area contributed by atoms with Crippen molar-refractivity contribution >= 4 is 34.9 Å². The first kappa shape index (κ1) is 20.5. The molecule has 2 aliphatic rings. The van der Waals surface area contributed by atoms with Gasteiger partial charge in [-0.2, -0.15) is 0 Å². The zero-order valence-electron chi connectivity index (χ0n) is 16.2. The summed E-state index contributed by atoms with van der Waals surface area (Å²) in [6.07, 6.45) is 2.15. The van der Waals surface area contributed by atoms with Gasteiger partial charge in [0.05, 0.1) is 42.2 Å². The number of halogens is 1. The molecule has 0 spiro atoms. The Hall–Kier alpha value is -2.25. The quantitative estimate of drug-likeness (QED) is 0.704. The molecule has 1 fully saturated rings. The number of aliphatic hydroxyl groups excluding tert-OH is 1. The number of β-amino-alcohol motifs (C(OH)–C–C–N with tert-alkyl or cyclic N) is 1.